The molecule has 2 aliphatic heterocycles. The van der Waals surface area contributed by atoms with E-state index >= 15 is 0 Å². The topological polar surface area (TPSA) is 58.6 Å². The molecule has 0 unspecified atom stereocenters. The molecule has 1 saturated heterocycles. The van der Waals surface area contributed by atoms with Gasteiger partial charge in [0.2, 0.25) is 17.7 Å². The summed E-state index contributed by atoms with van der Waals surface area (Å²) in [6.07, 6.45) is 4.40. The predicted molar refractivity (Wildman–Crippen MR) is 129 cm³/mol. The number of fused-ring (bicyclic) bond motifs is 1. The zero-order valence-corrected chi connectivity index (χ0v) is 19.5. The number of rotatable bonds is 5. The Morgan fingerprint density at radius 3 is 2.44 bits per heavy atom. The first-order chi connectivity index (χ1) is 16.5. The Hall–Kier alpha value is -3.48. The maximum atomic E-state index is 13.2. The highest BCUT2D eigenvalue weighted by Gasteiger charge is 2.28. The fourth-order valence-electron chi connectivity index (χ4n) is 4.51. The minimum absolute atomic E-state index is 0.00125. The zero-order chi connectivity index (χ0) is 23.5. The number of carbonyl (C=O) groups excluding carboxylic acids is 1. The monoisotopic (exact) mass is 460 g/mol. The van der Waals surface area contributed by atoms with Crippen LogP contribution >= 0.6 is 0 Å². The number of hydrogen-bond donors (Lipinski definition) is 0. The number of aromatic nitrogens is 2. The summed E-state index contributed by atoms with van der Waals surface area (Å²) in [6.45, 7) is 4.93. The lowest BCUT2D eigenvalue weighted by Gasteiger charge is -2.32. The lowest BCUT2D eigenvalue weighted by atomic mass is 10.0. The third kappa shape index (κ3) is 5.03. The number of anilines is 1. The molecule has 3 heterocycles. The van der Waals surface area contributed by atoms with Gasteiger partial charge in [-0.3, -0.25) is 4.79 Å². The summed E-state index contributed by atoms with van der Waals surface area (Å²) in [7, 11) is 0. The summed E-state index contributed by atoms with van der Waals surface area (Å²) < 4.78 is 19.5. The van der Waals surface area contributed by atoms with Crippen molar-refractivity contribution in [1.29, 1.82) is 0 Å². The SMILES string of the molecule is Cc1ccc(Oc2nc(N3CCCCC3)nc3c2CN(C(=O)Cc2ccc(F)cc2)CC3)cc1. The number of benzene rings is 2. The molecule has 1 amide bonds. The smallest absolute Gasteiger partial charge is 0.229 e. The summed E-state index contributed by atoms with van der Waals surface area (Å²) >= 11 is 0. The molecule has 0 spiro atoms. The van der Waals surface area contributed by atoms with Gasteiger partial charge in [-0.05, 0) is 56.0 Å². The zero-order valence-electron chi connectivity index (χ0n) is 19.5. The number of nitrogens with zero attached hydrogens (tertiary/aromatic N) is 4. The van der Waals surface area contributed by atoms with Gasteiger partial charge < -0.3 is 14.5 Å². The molecule has 2 aliphatic rings. The second-order valence-corrected chi connectivity index (χ2v) is 9.09. The molecule has 3 aromatic rings. The van der Waals surface area contributed by atoms with Gasteiger partial charge in [-0.15, -0.1) is 0 Å². The van der Waals surface area contributed by atoms with Crippen molar-refractivity contribution in [3.8, 4) is 11.6 Å². The van der Waals surface area contributed by atoms with Crippen LogP contribution in [-0.4, -0.2) is 40.4 Å². The number of carbonyl (C=O) groups is 1. The number of aryl methyl sites for hydroxylation is 1. The van der Waals surface area contributed by atoms with Crippen LogP contribution in [0.15, 0.2) is 48.5 Å². The predicted octanol–water partition coefficient (Wildman–Crippen LogP) is 4.83. The van der Waals surface area contributed by atoms with Crippen LogP contribution in [0.3, 0.4) is 0 Å². The van der Waals surface area contributed by atoms with E-state index in [1.54, 1.807) is 12.1 Å². The largest absolute Gasteiger partial charge is 0.438 e. The Labute approximate surface area is 199 Å². The minimum Gasteiger partial charge on any atom is -0.438 e. The summed E-state index contributed by atoms with van der Waals surface area (Å²) in [5.41, 5.74) is 3.76. The molecule has 0 N–H and O–H groups in total. The van der Waals surface area contributed by atoms with E-state index in [9.17, 15) is 9.18 Å². The van der Waals surface area contributed by atoms with Crippen molar-refractivity contribution in [2.45, 2.75) is 45.6 Å². The average Bonchev–Trinajstić information content (AvgIpc) is 2.87. The molecule has 34 heavy (non-hydrogen) atoms. The summed E-state index contributed by atoms with van der Waals surface area (Å²) in [6, 6.07) is 14.0. The molecule has 7 heteroatoms. The highest BCUT2D eigenvalue weighted by Crippen LogP contribution is 2.32. The second-order valence-electron chi connectivity index (χ2n) is 9.09. The van der Waals surface area contributed by atoms with Gasteiger partial charge in [-0.2, -0.15) is 4.98 Å². The van der Waals surface area contributed by atoms with Gasteiger partial charge >= 0.3 is 0 Å². The maximum Gasteiger partial charge on any atom is 0.229 e. The normalized spacial score (nSPS) is 15.7. The Morgan fingerprint density at radius 2 is 1.71 bits per heavy atom. The van der Waals surface area contributed by atoms with Crippen molar-refractivity contribution >= 4 is 11.9 Å². The lowest BCUT2D eigenvalue weighted by molar-refractivity contribution is -0.131. The molecule has 176 valence electrons. The summed E-state index contributed by atoms with van der Waals surface area (Å²) in [5.74, 6) is 1.65. The molecule has 0 atom stereocenters. The maximum absolute atomic E-state index is 13.2. The first-order valence-corrected chi connectivity index (χ1v) is 12.0. The van der Waals surface area contributed by atoms with Crippen LogP contribution in [0.1, 0.15) is 41.6 Å². The van der Waals surface area contributed by atoms with Gasteiger partial charge in [-0.1, -0.05) is 29.8 Å². The molecule has 1 fully saturated rings. The van der Waals surface area contributed by atoms with E-state index in [2.05, 4.69) is 4.90 Å². The fourth-order valence-corrected chi connectivity index (χ4v) is 4.51. The first kappa shape index (κ1) is 22.3. The van der Waals surface area contributed by atoms with Gasteiger partial charge in [0, 0.05) is 26.1 Å². The van der Waals surface area contributed by atoms with E-state index in [0.717, 1.165) is 48.3 Å². The molecule has 2 aromatic carbocycles. The van der Waals surface area contributed by atoms with Crippen molar-refractivity contribution in [2.75, 3.05) is 24.5 Å². The van der Waals surface area contributed by atoms with E-state index in [1.165, 1.54) is 18.6 Å². The summed E-state index contributed by atoms with van der Waals surface area (Å²) in [5, 5.41) is 0. The van der Waals surface area contributed by atoms with Crippen LogP contribution in [-0.2, 0) is 24.2 Å². The van der Waals surface area contributed by atoms with Crippen LogP contribution in [0.25, 0.3) is 0 Å². The molecular weight excluding hydrogens is 431 g/mol. The Kier molecular flexibility index (Phi) is 6.43. The van der Waals surface area contributed by atoms with Gasteiger partial charge in [0.1, 0.15) is 11.6 Å². The van der Waals surface area contributed by atoms with Crippen LogP contribution < -0.4 is 9.64 Å². The van der Waals surface area contributed by atoms with E-state index in [4.69, 9.17) is 14.7 Å². The fraction of sp³-hybridized carbons (Fsp3) is 0.370. The standard InChI is InChI=1S/C27H29FN4O2/c1-19-5-11-22(12-6-19)34-26-23-18-32(25(33)17-20-7-9-21(28)10-8-20)16-13-24(23)29-27(30-26)31-14-3-2-4-15-31/h5-12H,2-4,13-18H2,1H3. The molecule has 0 aliphatic carbocycles. The van der Waals surface area contributed by atoms with Crippen LogP contribution in [0, 0.1) is 12.7 Å². The minimum atomic E-state index is -0.303. The average molecular weight is 461 g/mol. The van der Waals surface area contributed by atoms with Crippen molar-refractivity contribution in [3.05, 3.63) is 76.7 Å². The molecular formula is C27H29FN4O2. The summed E-state index contributed by atoms with van der Waals surface area (Å²) in [4.78, 5) is 26.8. The van der Waals surface area contributed by atoms with Gasteiger partial charge in [0.05, 0.1) is 24.2 Å². The van der Waals surface area contributed by atoms with Crippen molar-refractivity contribution in [2.24, 2.45) is 0 Å². The number of hydrogen-bond acceptors (Lipinski definition) is 5. The second kappa shape index (κ2) is 9.79. The van der Waals surface area contributed by atoms with Crippen molar-refractivity contribution in [3.63, 3.8) is 0 Å². The lowest BCUT2D eigenvalue weighted by Crippen LogP contribution is -2.38. The molecule has 0 radical (unpaired) electrons. The molecule has 0 saturated carbocycles. The van der Waals surface area contributed by atoms with Gasteiger partial charge in [0.25, 0.3) is 0 Å². The number of halogens is 1. The van der Waals surface area contributed by atoms with Crippen LogP contribution in [0.2, 0.25) is 0 Å². The number of piperidine rings is 1. The molecule has 1 aromatic heterocycles. The number of amides is 1. The van der Waals surface area contributed by atoms with Gasteiger partial charge in [0.15, 0.2) is 0 Å². The Morgan fingerprint density at radius 1 is 0.971 bits per heavy atom. The highest BCUT2D eigenvalue weighted by atomic mass is 19.1. The van der Waals surface area contributed by atoms with Crippen LogP contribution in [0.4, 0.5) is 10.3 Å². The molecule has 5 rings (SSSR count). The van der Waals surface area contributed by atoms with E-state index in [1.807, 2.05) is 36.1 Å². The van der Waals surface area contributed by atoms with Crippen molar-refractivity contribution < 1.29 is 13.9 Å². The highest BCUT2D eigenvalue weighted by molar-refractivity contribution is 5.79. The Bertz CT molecular complexity index is 1160. The van der Waals surface area contributed by atoms with Crippen molar-refractivity contribution in [1.82, 2.24) is 14.9 Å². The van der Waals surface area contributed by atoms with E-state index < -0.39 is 0 Å². The third-order valence-electron chi connectivity index (χ3n) is 6.51. The quantitative estimate of drug-likeness (QED) is 0.546. The van der Waals surface area contributed by atoms with E-state index in [0.29, 0.717) is 37.1 Å². The van der Waals surface area contributed by atoms with Crippen LogP contribution in [0.5, 0.6) is 11.6 Å². The molecule has 0 bridgehead atoms. The molecule has 6 nitrogen and oxygen atoms in total. The van der Waals surface area contributed by atoms with Gasteiger partial charge in [-0.25, -0.2) is 9.37 Å². The Balaban J connectivity index is 1.42. The first-order valence-electron chi connectivity index (χ1n) is 12.0. The van der Waals surface area contributed by atoms with E-state index in [-0.39, 0.29) is 18.1 Å². The number of ether oxygens (including phenoxy) is 1. The third-order valence-corrected chi connectivity index (χ3v) is 6.51.